The average molecular weight is 217 g/mol. The molecule has 14 heavy (non-hydrogen) atoms. The molecule has 0 aromatic carbocycles. The van der Waals surface area contributed by atoms with Crippen LogP contribution in [0.15, 0.2) is 10.7 Å². The van der Waals surface area contributed by atoms with Crippen molar-refractivity contribution in [2.45, 2.75) is 32.2 Å². The lowest BCUT2D eigenvalue weighted by Gasteiger charge is -2.27. The van der Waals surface area contributed by atoms with Crippen molar-refractivity contribution < 1.29 is 13.2 Å². The maximum absolute atomic E-state index is 11.9. The van der Waals surface area contributed by atoms with Gasteiger partial charge in [-0.25, -0.2) is 8.42 Å². The summed E-state index contributed by atoms with van der Waals surface area (Å²) >= 11 is 0. The molecule has 0 aromatic rings. The van der Waals surface area contributed by atoms with Crippen molar-refractivity contribution in [3.05, 3.63) is 10.7 Å². The molecule has 80 valence electrons. The van der Waals surface area contributed by atoms with Gasteiger partial charge in [0.15, 0.2) is 0 Å². The number of fused-ring (bicyclic) bond motifs is 1. The van der Waals surface area contributed by atoms with Crippen LogP contribution in [-0.4, -0.2) is 31.9 Å². The van der Waals surface area contributed by atoms with Gasteiger partial charge in [0.1, 0.15) is 5.76 Å². The van der Waals surface area contributed by atoms with E-state index in [1.54, 1.807) is 18.3 Å². The molecule has 0 N–H and O–H groups in total. The molecular weight excluding hydrogens is 202 g/mol. The zero-order valence-corrected chi connectivity index (χ0v) is 9.52. The van der Waals surface area contributed by atoms with E-state index < -0.39 is 15.6 Å². The Labute approximate surface area is 84.6 Å². The molecule has 2 aliphatic heterocycles. The highest BCUT2D eigenvalue weighted by Gasteiger charge is 2.55. The van der Waals surface area contributed by atoms with E-state index in [9.17, 15) is 8.42 Å². The fourth-order valence-corrected chi connectivity index (χ4v) is 4.52. The number of hydrogen-bond acceptors (Lipinski definition) is 3. The molecule has 2 rings (SSSR count). The fourth-order valence-electron chi connectivity index (χ4n) is 2.58. The minimum absolute atomic E-state index is 0.377. The van der Waals surface area contributed by atoms with Crippen molar-refractivity contribution in [2.75, 3.05) is 13.7 Å². The topological polar surface area (TPSA) is 46.6 Å². The van der Waals surface area contributed by atoms with Gasteiger partial charge in [0.25, 0.3) is 0 Å². The lowest BCUT2D eigenvalue weighted by Crippen LogP contribution is -2.40. The van der Waals surface area contributed by atoms with Crippen LogP contribution in [0.5, 0.6) is 0 Å². The molecule has 0 saturated carbocycles. The van der Waals surface area contributed by atoms with Gasteiger partial charge in [0.2, 0.25) is 10.0 Å². The summed E-state index contributed by atoms with van der Waals surface area (Å²) in [7, 11) is -1.69. The zero-order valence-electron chi connectivity index (χ0n) is 8.70. The monoisotopic (exact) mass is 217 g/mol. The van der Waals surface area contributed by atoms with Crippen LogP contribution in [0.4, 0.5) is 0 Å². The summed E-state index contributed by atoms with van der Waals surface area (Å²) in [6.45, 7) is 4.17. The number of allylic oxidation sites excluding steroid dienone is 1. The van der Waals surface area contributed by atoms with Gasteiger partial charge in [-0.2, -0.15) is 4.31 Å². The minimum atomic E-state index is -3.23. The lowest BCUT2D eigenvalue weighted by molar-refractivity contribution is 0.181. The van der Waals surface area contributed by atoms with Crippen LogP contribution >= 0.6 is 0 Å². The molecule has 4 nitrogen and oxygen atoms in total. The normalized spacial score (nSPS) is 36.2. The molecular formula is C9H15NO3S. The summed E-state index contributed by atoms with van der Waals surface area (Å²) in [5, 5.41) is 0. The van der Waals surface area contributed by atoms with Gasteiger partial charge < -0.3 is 4.74 Å². The molecule has 5 heteroatoms. The first kappa shape index (κ1) is 9.98. The Bertz CT molecular complexity index is 398. The maximum Gasteiger partial charge on any atom is 0.243 e. The van der Waals surface area contributed by atoms with E-state index >= 15 is 0 Å². The Hall–Kier alpha value is -0.550. The van der Waals surface area contributed by atoms with E-state index in [2.05, 4.69) is 0 Å². The highest BCUT2D eigenvalue weighted by Crippen LogP contribution is 2.46. The van der Waals surface area contributed by atoms with Gasteiger partial charge in [0, 0.05) is 6.54 Å². The lowest BCUT2D eigenvalue weighted by atomic mass is 9.97. The first-order valence-electron chi connectivity index (χ1n) is 4.73. The molecule has 1 unspecified atom stereocenters. The summed E-state index contributed by atoms with van der Waals surface area (Å²) in [5.74, 6) is 0.620. The number of rotatable bonds is 1. The minimum Gasteiger partial charge on any atom is -0.498 e. The van der Waals surface area contributed by atoms with Gasteiger partial charge in [-0.05, 0) is 26.7 Å². The van der Waals surface area contributed by atoms with Gasteiger partial charge in [-0.3, -0.25) is 0 Å². The number of ether oxygens (including phenoxy) is 1. The molecule has 2 heterocycles. The molecule has 0 aromatic heterocycles. The van der Waals surface area contributed by atoms with E-state index in [-0.39, 0.29) is 0 Å². The van der Waals surface area contributed by atoms with Crippen molar-refractivity contribution in [1.29, 1.82) is 0 Å². The Morgan fingerprint density at radius 3 is 2.71 bits per heavy atom. The standard InChI is InChI=1S/C9H15NO3S/c1-7-8(13-3)9(2)5-4-6-10(9)14(7,11)12/h4-6H2,1-3H3. The first-order chi connectivity index (χ1) is 6.44. The molecule has 2 aliphatic rings. The van der Waals surface area contributed by atoms with Gasteiger partial charge in [-0.15, -0.1) is 0 Å². The second-order valence-electron chi connectivity index (χ2n) is 4.04. The second kappa shape index (κ2) is 2.73. The third kappa shape index (κ3) is 0.941. The van der Waals surface area contributed by atoms with E-state index in [1.165, 1.54) is 0 Å². The third-order valence-electron chi connectivity index (χ3n) is 3.27. The number of hydrogen-bond donors (Lipinski definition) is 0. The van der Waals surface area contributed by atoms with E-state index in [4.69, 9.17) is 4.74 Å². The van der Waals surface area contributed by atoms with Crippen molar-refractivity contribution in [3.63, 3.8) is 0 Å². The second-order valence-corrected chi connectivity index (χ2v) is 6.05. The molecule has 1 atom stereocenters. The van der Waals surface area contributed by atoms with Gasteiger partial charge >= 0.3 is 0 Å². The van der Waals surface area contributed by atoms with E-state index in [1.807, 2.05) is 6.92 Å². The van der Waals surface area contributed by atoms with Crippen LogP contribution in [0.25, 0.3) is 0 Å². The van der Waals surface area contributed by atoms with Crippen molar-refractivity contribution >= 4 is 10.0 Å². The summed E-state index contributed by atoms with van der Waals surface area (Å²) in [5.41, 5.74) is -0.419. The van der Waals surface area contributed by atoms with E-state index in [0.717, 1.165) is 12.8 Å². The molecule has 1 fully saturated rings. The number of methoxy groups -OCH3 is 1. The Morgan fingerprint density at radius 2 is 2.14 bits per heavy atom. The quantitative estimate of drug-likeness (QED) is 0.660. The summed E-state index contributed by atoms with van der Waals surface area (Å²) in [4.78, 5) is 0.377. The third-order valence-corrected chi connectivity index (χ3v) is 5.39. The van der Waals surface area contributed by atoms with Crippen LogP contribution in [0.1, 0.15) is 26.7 Å². The molecule has 0 amide bonds. The molecule has 0 spiro atoms. The van der Waals surface area contributed by atoms with Gasteiger partial charge in [0.05, 0.1) is 17.6 Å². The van der Waals surface area contributed by atoms with Crippen molar-refractivity contribution in [1.82, 2.24) is 4.31 Å². The molecule has 0 aliphatic carbocycles. The number of sulfonamides is 1. The van der Waals surface area contributed by atoms with E-state index in [0.29, 0.717) is 17.2 Å². The summed E-state index contributed by atoms with van der Waals surface area (Å²) in [6.07, 6.45) is 1.77. The van der Waals surface area contributed by atoms with Crippen LogP contribution in [0.3, 0.4) is 0 Å². The molecule has 1 saturated heterocycles. The first-order valence-corrected chi connectivity index (χ1v) is 6.17. The summed E-state index contributed by atoms with van der Waals surface area (Å²) < 4.78 is 30.7. The molecule has 0 radical (unpaired) electrons. The fraction of sp³-hybridized carbons (Fsp3) is 0.778. The van der Waals surface area contributed by atoms with Crippen LogP contribution in [0, 0.1) is 0 Å². The van der Waals surface area contributed by atoms with Crippen LogP contribution in [-0.2, 0) is 14.8 Å². The largest absolute Gasteiger partial charge is 0.498 e. The van der Waals surface area contributed by atoms with Crippen molar-refractivity contribution in [3.8, 4) is 0 Å². The average Bonchev–Trinajstić information content (AvgIpc) is 2.54. The molecule has 0 bridgehead atoms. The Morgan fingerprint density at radius 1 is 1.50 bits per heavy atom. The Kier molecular flexibility index (Phi) is 1.95. The smallest absolute Gasteiger partial charge is 0.243 e. The van der Waals surface area contributed by atoms with Crippen LogP contribution in [0.2, 0.25) is 0 Å². The maximum atomic E-state index is 11.9. The summed E-state index contributed by atoms with van der Waals surface area (Å²) in [6, 6.07) is 0. The SMILES string of the molecule is COC1=C(C)S(=O)(=O)N2CCCC12C. The zero-order chi connectivity index (χ0) is 10.6. The highest BCUT2D eigenvalue weighted by molar-refractivity contribution is 7.93. The Balaban J connectivity index is 2.63. The highest BCUT2D eigenvalue weighted by atomic mass is 32.2. The predicted octanol–water partition coefficient (Wildman–Crippen LogP) is 1.06. The van der Waals surface area contributed by atoms with Crippen molar-refractivity contribution in [2.24, 2.45) is 0 Å². The number of nitrogens with zero attached hydrogens (tertiary/aromatic N) is 1. The van der Waals surface area contributed by atoms with Gasteiger partial charge in [-0.1, -0.05) is 0 Å². The predicted molar refractivity (Wildman–Crippen MR) is 53.0 cm³/mol. The van der Waals surface area contributed by atoms with Crippen LogP contribution < -0.4 is 0 Å².